The van der Waals surface area contributed by atoms with Crippen molar-refractivity contribution in [1.82, 2.24) is 10.6 Å². The Labute approximate surface area is 198 Å². The molecule has 0 unspecified atom stereocenters. The summed E-state index contributed by atoms with van der Waals surface area (Å²) in [6.45, 7) is -4.41. The van der Waals surface area contributed by atoms with Crippen molar-refractivity contribution < 1.29 is 35.8 Å². The lowest BCUT2D eigenvalue weighted by atomic mass is 10.1. The van der Waals surface area contributed by atoms with Gasteiger partial charge in [-0.15, -0.1) is 24.0 Å². The molecule has 0 aliphatic rings. The Bertz CT molecular complexity index is 863. The summed E-state index contributed by atoms with van der Waals surface area (Å²) in [6, 6.07) is 10.3. The molecule has 12 heteroatoms. The summed E-state index contributed by atoms with van der Waals surface area (Å²) < 4.78 is 84.2. The van der Waals surface area contributed by atoms with Gasteiger partial charge in [0.05, 0.1) is 6.61 Å². The number of rotatable bonds is 9. The van der Waals surface area contributed by atoms with Crippen molar-refractivity contribution in [2.75, 3.05) is 13.7 Å². The maximum absolute atomic E-state index is 14.0. The van der Waals surface area contributed by atoms with Crippen molar-refractivity contribution in [3.8, 4) is 5.75 Å². The number of guanidine groups is 1. The largest absolute Gasteiger partial charge is 0.434 e. The Kier molecular flexibility index (Phi) is 11.6. The lowest BCUT2D eigenvalue weighted by molar-refractivity contribution is -0.176. The summed E-state index contributed by atoms with van der Waals surface area (Å²) in [7, 11) is 1.48. The first kappa shape index (κ1) is 27.8. The third-order valence-corrected chi connectivity index (χ3v) is 3.97. The number of alkyl halides is 5. The van der Waals surface area contributed by atoms with Crippen molar-refractivity contribution in [3.05, 3.63) is 65.0 Å². The van der Waals surface area contributed by atoms with E-state index in [1.54, 1.807) is 24.3 Å². The van der Waals surface area contributed by atoms with Crippen LogP contribution < -0.4 is 15.4 Å². The van der Waals surface area contributed by atoms with Gasteiger partial charge in [-0.2, -0.15) is 22.0 Å². The van der Waals surface area contributed by atoms with Crippen LogP contribution in [0.15, 0.2) is 47.5 Å². The van der Waals surface area contributed by atoms with E-state index >= 15 is 0 Å². The summed E-state index contributed by atoms with van der Waals surface area (Å²) >= 11 is 0. The van der Waals surface area contributed by atoms with Gasteiger partial charge in [0, 0.05) is 25.7 Å². The molecule has 0 amide bonds. The Morgan fingerprint density at radius 2 is 1.62 bits per heavy atom. The molecule has 0 aliphatic carbocycles. The third-order valence-electron chi connectivity index (χ3n) is 3.97. The minimum atomic E-state index is -4.37. The molecule has 2 aromatic carbocycles. The standard InChI is InChI=1S/C20H21F6N3O2.HI/c1-27-19(29-10-15-16(21)3-2-4-17(15)31-18(22)23)28-9-13-5-7-14(8-6-13)11-30-12-20(24,25)26;/h2-8,18H,9-12H2,1H3,(H2,27,28,29);1H. The van der Waals surface area contributed by atoms with E-state index in [-0.39, 0.29) is 54.4 Å². The molecular weight excluding hydrogens is 555 g/mol. The average Bonchev–Trinajstić information content (AvgIpc) is 2.69. The highest BCUT2D eigenvalue weighted by Crippen LogP contribution is 2.23. The molecule has 2 aromatic rings. The van der Waals surface area contributed by atoms with E-state index in [4.69, 9.17) is 0 Å². The Morgan fingerprint density at radius 3 is 2.22 bits per heavy atom. The van der Waals surface area contributed by atoms with Gasteiger partial charge in [-0.3, -0.25) is 4.99 Å². The minimum Gasteiger partial charge on any atom is -0.434 e. The number of hydrogen-bond acceptors (Lipinski definition) is 3. The summed E-state index contributed by atoms with van der Waals surface area (Å²) in [4.78, 5) is 3.98. The highest BCUT2D eigenvalue weighted by molar-refractivity contribution is 14.0. The normalized spacial score (nSPS) is 11.8. The van der Waals surface area contributed by atoms with Crippen molar-refractivity contribution >= 4 is 29.9 Å². The van der Waals surface area contributed by atoms with Crippen LogP contribution in [0.4, 0.5) is 26.3 Å². The van der Waals surface area contributed by atoms with Gasteiger partial charge in [0.1, 0.15) is 18.2 Å². The highest BCUT2D eigenvalue weighted by Gasteiger charge is 2.27. The average molecular weight is 577 g/mol. The van der Waals surface area contributed by atoms with Crippen LogP contribution in [0.3, 0.4) is 0 Å². The van der Waals surface area contributed by atoms with Crippen molar-refractivity contribution in [2.45, 2.75) is 32.5 Å². The smallest absolute Gasteiger partial charge is 0.411 e. The zero-order valence-corrected chi connectivity index (χ0v) is 19.2. The Morgan fingerprint density at radius 1 is 1.00 bits per heavy atom. The number of benzene rings is 2. The number of nitrogens with one attached hydrogen (secondary N) is 2. The van der Waals surface area contributed by atoms with E-state index in [1.807, 2.05) is 0 Å². The lowest BCUT2D eigenvalue weighted by Crippen LogP contribution is -2.36. The van der Waals surface area contributed by atoms with Gasteiger partial charge >= 0.3 is 12.8 Å². The number of nitrogens with zero attached hydrogens (tertiary/aromatic N) is 1. The summed E-state index contributed by atoms with van der Waals surface area (Å²) in [6.07, 6.45) is -4.37. The minimum absolute atomic E-state index is 0. The predicted octanol–water partition coefficient (Wildman–Crippen LogP) is 4.99. The molecule has 0 saturated heterocycles. The van der Waals surface area contributed by atoms with E-state index in [0.717, 1.165) is 11.6 Å². The van der Waals surface area contributed by atoms with E-state index in [1.165, 1.54) is 19.2 Å². The first-order valence-corrected chi connectivity index (χ1v) is 9.07. The molecule has 0 atom stereocenters. The third kappa shape index (κ3) is 9.94. The first-order valence-electron chi connectivity index (χ1n) is 9.07. The van der Waals surface area contributed by atoms with Crippen molar-refractivity contribution in [2.24, 2.45) is 4.99 Å². The molecule has 0 aliphatic heterocycles. The summed E-state index contributed by atoms with van der Waals surface area (Å²) in [5, 5.41) is 5.78. The van der Waals surface area contributed by atoms with E-state index in [0.29, 0.717) is 12.1 Å². The fraction of sp³-hybridized carbons (Fsp3) is 0.350. The van der Waals surface area contributed by atoms with Crippen LogP contribution in [-0.4, -0.2) is 32.4 Å². The highest BCUT2D eigenvalue weighted by atomic mass is 127. The number of hydrogen-bond donors (Lipinski definition) is 2. The topological polar surface area (TPSA) is 54.9 Å². The van der Waals surface area contributed by atoms with Crippen LogP contribution >= 0.6 is 24.0 Å². The SMILES string of the molecule is CN=C(NCc1ccc(COCC(F)(F)F)cc1)NCc1c(F)cccc1OC(F)F.I. The van der Waals surface area contributed by atoms with Gasteiger partial charge in [-0.05, 0) is 23.3 Å². The van der Waals surface area contributed by atoms with Crippen LogP contribution in [0.2, 0.25) is 0 Å². The van der Waals surface area contributed by atoms with E-state index in [2.05, 4.69) is 25.1 Å². The van der Waals surface area contributed by atoms with Gasteiger partial charge < -0.3 is 20.1 Å². The van der Waals surface area contributed by atoms with Gasteiger partial charge in [0.15, 0.2) is 5.96 Å². The maximum atomic E-state index is 14.0. The number of ether oxygens (including phenoxy) is 2. The second-order valence-corrected chi connectivity index (χ2v) is 6.30. The molecule has 5 nitrogen and oxygen atoms in total. The first-order chi connectivity index (χ1) is 14.7. The maximum Gasteiger partial charge on any atom is 0.411 e. The van der Waals surface area contributed by atoms with Gasteiger partial charge in [0.2, 0.25) is 0 Å². The monoisotopic (exact) mass is 577 g/mol. The zero-order chi connectivity index (χ0) is 22.9. The predicted molar refractivity (Wildman–Crippen MR) is 118 cm³/mol. The van der Waals surface area contributed by atoms with Crippen LogP contribution in [0, 0.1) is 5.82 Å². The Hall–Kier alpha value is -2.22. The molecule has 2 N–H and O–H groups in total. The molecule has 178 valence electrons. The molecule has 0 heterocycles. The zero-order valence-electron chi connectivity index (χ0n) is 16.9. The second-order valence-electron chi connectivity index (χ2n) is 6.30. The van der Waals surface area contributed by atoms with Gasteiger partial charge in [-0.25, -0.2) is 4.39 Å². The summed E-state index contributed by atoms with van der Waals surface area (Å²) in [5.74, 6) is -0.699. The molecule has 0 spiro atoms. The van der Waals surface area contributed by atoms with Gasteiger partial charge in [-0.1, -0.05) is 30.3 Å². The van der Waals surface area contributed by atoms with Crippen LogP contribution in [0.5, 0.6) is 5.75 Å². The molecule has 2 rings (SSSR count). The fourth-order valence-corrected chi connectivity index (χ4v) is 2.53. The Balaban J connectivity index is 0.00000512. The molecule has 0 radical (unpaired) electrons. The molecule has 0 aromatic heterocycles. The number of halogens is 7. The molecule has 0 fully saturated rings. The van der Waals surface area contributed by atoms with E-state index in [9.17, 15) is 26.3 Å². The fourth-order valence-electron chi connectivity index (χ4n) is 2.53. The van der Waals surface area contributed by atoms with Crippen LogP contribution in [0.1, 0.15) is 16.7 Å². The molecule has 0 bridgehead atoms. The lowest BCUT2D eigenvalue weighted by Gasteiger charge is -2.15. The summed E-state index contributed by atoms with van der Waals surface area (Å²) in [5.41, 5.74) is 1.31. The second kappa shape index (κ2) is 13.4. The molecule has 32 heavy (non-hydrogen) atoms. The number of aliphatic imine (C=N–C) groups is 1. The van der Waals surface area contributed by atoms with Crippen molar-refractivity contribution in [3.63, 3.8) is 0 Å². The van der Waals surface area contributed by atoms with Gasteiger partial charge in [0.25, 0.3) is 0 Å². The molecular formula is C20H22F6IN3O2. The van der Waals surface area contributed by atoms with Crippen LogP contribution in [-0.2, 0) is 24.4 Å². The van der Waals surface area contributed by atoms with Crippen molar-refractivity contribution in [1.29, 1.82) is 0 Å². The van der Waals surface area contributed by atoms with Crippen LogP contribution in [0.25, 0.3) is 0 Å². The molecule has 0 saturated carbocycles. The quantitative estimate of drug-likeness (QED) is 0.191. The van der Waals surface area contributed by atoms with E-state index < -0.39 is 25.2 Å².